The molecule has 3 aromatic rings. The number of rotatable bonds is 7. The normalized spacial score (nSPS) is 12.3. The van der Waals surface area contributed by atoms with Gasteiger partial charge in [0.1, 0.15) is 35.1 Å². The van der Waals surface area contributed by atoms with Crippen LogP contribution in [0.5, 0.6) is 0 Å². The molecule has 1 atom stereocenters. The molecule has 0 heterocycles. The Kier molecular flexibility index (Phi) is 5.53. The van der Waals surface area contributed by atoms with Gasteiger partial charge in [0.15, 0.2) is 6.29 Å². The van der Waals surface area contributed by atoms with Crippen LogP contribution in [0.15, 0.2) is 91.0 Å². The monoisotopic (exact) mass is 347 g/mol. The van der Waals surface area contributed by atoms with E-state index < -0.39 is 7.26 Å². The molecule has 0 aromatic heterocycles. The summed E-state index contributed by atoms with van der Waals surface area (Å²) in [5, 5.41) is 3.35. The molecule has 124 valence electrons. The predicted molar refractivity (Wildman–Crippen MR) is 106 cm³/mol. The van der Waals surface area contributed by atoms with Gasteiger partial charge in [-0.15, -0.1) is 0 Å². The van der Waals surface area contributed by atoms with Crippen LogP contribution in [-0.2, 0) is 9.59 Å². The van der Waals surface area contributed by atoms with E-state index in [1.165, 1.54) is 0 Å². The van der Waals surface area contributed by atoms with Gasteiger partial charge in [0.05, 0.1) is 0 Å². The maximum Gasteiger partial charge on any atom is 0.161 e. The van der Waals surface area contributed by atoms with E-state index in [9.17, 15) is 9.59 Å². The van der Waals surface area contributed by atoms with Gasteiger partial charge in [0.25, 0.3) is 0 Å². The number of hydrogen-bond donors (Lipinski definition) is 0. The fourth-order valence-electron chi connectivity index (χ4n) is 3.41. The van der Waals surface area contributed by atoms with E-state index in [0.29, 0.717) is 0 Å². The third-order valence-corrected chi connectivity index (χ3v) is 9.15. The predicted octanol–water partition coefficient (Wildman–Crippen LogP) is 3.14. The zero-order chi connectivity index (χ0) is 17.5. The summed E-state index contributed by atoms with van der Waals surface area (Å²) in [5.41, 5.74) is -0.378. The number of carbonyl (C=O) groups is 2. The molecule has 0 N–H and O–H groups in total. The SMILES string of the molecule is O=CCC(C=O)[P+](c1ccccc1)(c1ccccc1)c1ccccc1. The molecule has 0 radical (unpaired) electrons. The average Bonchev–Trinajstić information content (AvgIpc) is 2.70. The minimum atomic E-state index is -2.28. The lowest BCUT2D eigenvalue weighted by Crippen LogP contribution is -2.39. The van der Waals surface area contributed by atoms with Crippen molar-refractivity contribution in [2.45, 2.75) is 12.1 Å². The molecule has 0 bridgehead atoms. The third kappa shape index (κ3) is 3.18. The molecule has 3 rings (SSSR count). The largest absolute Gasteiger partial charge is 0.303 e. The van der Waals surface area contributed by atoms with E-state index in [1.807, 2.05) is 54.6 Å². The lowest BCUT2D eigenvalue weighted by Gasteiger charge is -2.31. The van der Waals surface area contributed by atoms with Crippen molar-refractivity contribution in [3.63, 3.8) is 0 Å². The minimum absolute atomic E-state index is 0.218. The van der Waals surface area contributed by atoms with Crippen LogP contribution in [-0.4, -0.2) is 18.2 Å². The fourth-order valence-corrected chi connectivity index (χ4v) is 7.97. The van der Waals surface area contributed by atoms with Crippen LogP contribution in [0.4, 0.5) is 0 Å². The quantitative estimate of drug-likeness (QED) is 0.486. The summed E-state index contributed by atoms with van der Waals surface area (Å²) in [6, 6.07) is 30.4. The molecule has 3 aromatic carbocycles. The summed E-state index contributed by atoms with van der Waals surface area (Å²) in [4.78, 5) is 23.5. The van der Waals surface area contributed by atoms with Crippen molar-refractivity contribution in [2.75, 3.05) is 0 Å². The Bertz CT molecular complexity index is 720. The molecule has 2 nitrogen and oxygen atoms in total. The highest BCUT2D eigenvalue weighted by Crippen LogP contribution is 2.59. The maximum absolute atomic E-state index is 12.1. The molecule has 0 fully saturated rings. The summed E-state index contributed by atoms with van der Waals surface area (Å²) in [6.45, 7) is 0. The molecule has 0 amide bonds. The second kappa shape index (κ2) is 8.00. The summed E-state index contributed by atoms with van der Waals surface area (Å²) in [6.07, 6.45) is 2.05. The van der Waals surface area contributed by atoms with Gasteiger partial charge in [-0.1, -0.05) is 54.6 Å². The fraction of sp³-hybridized carbons (Fsp3) is 0.0909. The molecular formula is C22H20O2P+. The second-order valence-electron chi connectivity index (χ2n) is 5.84. The molecule has 0 aliphatic rings. The van der Waals surface area contributed by atoms with Crippen LogP contribution < -0.4 is 15.9 Å². The molecular weight excluding hydrogens is 327 g/mol. The van der Waals surface area contributed by atoms with Crippen molar-refractivity contribution in [1.82, 2.24) is 0 Å². The summed E-state index contributed by atoms with van der Waals surface area (Å²) in [5.74, 6) is 0. The molecule has 0 saturated heterocycles. The number of benzene rings is 3. The molecule has 1 unspecified atom stereocenters. The van der Waals surface area contributed by atoms with Gasteiger partial charge < -0.3 is 4.79 Å². The minimum Gasteiger partial charge on any atom is -0.303 e. The van der Waals surface area contributed by atoms with Gasteiger partial charge in [-0.05, 0) is 36.4 Å². The van der Waals surface area contributed by atoms with Crippen LogP contribution in [0.2, 0.25) is 0 Å². The van der Waals surface area contributed by atoms with E-state index in [1.54, 1.807) is 0 Å². The first-order valence-electron chi connectivity index (χ1n) is 8.28. The highest BCUT2D eigenvalue weighted by molar-refractivity contribution is 7.96. The lowest BCUT2D eigenvalue weighted by atomic mass is 10.3. The van der Waals surface area contributed by atoms with E-state index in [2.05, 4.69) is 36.4 Å². The van der Waals surface area contributed by atoms with E-state index >= 15 is 0 Å². The van der Waals surface area contributed by atoms with Gasteiger partial charge in [0, 0.05) is 6.42 Å². The highest BCUT2D eigenvalue weighted by Gasteiger charge is 2.52. The molecule has 3 heteroatoms. The Labute approximate surface area is 148 Å². The van der Waals surface area contributed by atoms with E-state index in [-0.39, 0.29) is 12.1 Å². The topological polar surface area (TPSA) is 34.1 Å². The standard InChI is InChI=1S/C22H20O2P/c23-17-16-22(18-24)25(19-10-4-1-5-11-19,20-12-6-2-7-13-20)21-14-8-3-9-15-21/h1-15,17-18,22H,16H2/q+1. The summed E-state index contributed by atoms with van der Waals surface area (Å²) in [7, 11) is -2.28. The van der Waals surface area contributed by atoms with Gasteiger partial charge in [-0.3, -0.25) is 4.79 Å². The first kappa shape index (κ1) is 17.3. The van der Waals surface area contributed by atoms with Crippen LogP contribution in [0.25, 0.3) is 0 Å². The second-order valence-corrected chi connectivity index (χ2v) is 9.49. The maximum atomic E-state index is 12.1. The Hall–Kier alpha value is -2.57. The Morgan fingerprint density at radius 2 is 1.00 bits per heavy atom. The molecule has 0 aliphatic carbocycles. The van der Waals surface area contributed by atoms with E-state index in [4.69, 9.17) is 0 Å². The summed E-state index contributed by atoms with van der Waals surface area (Å²) >= 11 is 0. The summed E-state index contributed by atoms with van der Waals surface area (Å²) < 4.78 is 0. The number of aldehydes is 2. The first-order valence-corrected chi connectivity index (χ1v) is 10.1. The van der Waals surface area contributed by atoms with Crippen LogP contribution >= 0.6 is 7.26 Å². The van der Waals surface area contributed by atoms with Crippen molar-refractivity contribution < 1.29 is 9.59 Å². The Morgan fingerprint density at radius 1 is 0.640 bits per heavy atom. The third-order valence-electron chi connectivity index (χ3n) is 4.48. The molecule has 0 saturated carbocycles. The van der Waals surface area contributed by atoms with Gasteiger partial charge in [0.2, 0.25) is 0 Å². The zero-order valence-electron chi connectivity index (χ0n) is 13.9. The van der Waals surface area contributed by atoms with Crippen molar-refractivity contribution in [2.24, 2.45) is 0 Å². The van der Waals surface area contributed by atoms with Crippen LogP contribution in [0.3, 0.4) is 0 Å². The van der Waals surface area contributed by atoms with Crippen molar-refractivity contribution in [1.29, 1.82) is 0 Å². The Balaban J connectivity index is 2.39. The van der Waals surface area contributed by atoms with E-state index in [0.717, 1.165) is 28.5 Å². The van der Waals surface area contributed by atoms with Crippen LogP contribution in [0, 0.1) is 0 Å². The smallest absolute Gasteiger partial charge is 0.161 e. The lowest BCUT2D eigenvalue weighted by molar-refractivity contribution is -0.112. The van der Waals surface area contributed by atoms with Gasteiger partial charge in [-0.25, -0.2) is 0 Å². The van der Waals surface area contributed by atoms with Crippen molar-refractivity contribution in [3.8, 4) is 0 Å². The molecule has 0 spiro atoms. The van der Waals surface area contributed by atoms with Gasteiger partial charge in [-0.2, -0.15) is 0 Å². The Morgan fingerprint density at radius 3 is 1.28 bits per heavy atom. The number of carbonyl (C=O) groups excluding carboxylic acids is 2. The van der Waals surface area contributed by atoms with Crippen molar-refractivity contribution in [3.05, 3.63) is 91.0 Å². The zero-order valence-corrected chi connectivity index (χ0v) is 14.8. The highest BCUT2D eigenvalue weighted by atomic mass is 31.2. The molecule has 25 heavy (non-hydrogen) atoms. The van der Waals surface area contributed by atoms with Gasteiger partial charge >= 0.3 is 0 Å². The first-order chi connectivity index (χ1) is 12.3. The number of hydrogen-bond acceptors (Lipinski definition) is 2. The molecule has 0 aliphatic heterocycles. The average molecular weight is 347 g/mol. The van der Waals surface area contributed by atoms with Crippen LogP contribution in [0.1, 0.15) is 6.42 Å². The van der Waals surface area contributed by atoms with Crippen molar-refractivity contribution >= 4 is 35.7 Å².